The van der Waals surface area contributed by atoms with Crippen molar-refractivity contribution in [2.75, 3.05) is 33.2 Å². The number of likely N-dealkylation sites (N-methyl/N-ethyl adjacent to an activating group) is 1. The van der Waals surface area contributed by atoms with Gasteiger partial charge in [0.1, 0.15) is 0 Å². The van der Waals surface area contributed by atoms with Gasteiger partial charge in [0.05, 0.1) is 6.33 Å². The Balaban J connectivity index is 1.42. The first kappa shape index (κ1) is 20.4. The van der Waals surface area contributed by atoms with Crippen LogP contribution in [0.15, 0.2) is 35.6 Å². The maximum atomic E-state index is 13.2. The Hall–Kier alpha value is -1.92. The Morgan fingerprint density at radius 1 is 1.21 bits per heavy atom. The number of aromatic nitrogens is 3. The molecule has 29 heavy (non-hydrogen) atoms. The molecule has 6 heteroatoms. The Kier molecular flexibility index (Phi) is 6.20. The summed E-state index contributed by atoms with van der Waals surface area (Å²) in [5.41, 5.74) is 2.39. The number of imidazole rings is 1. The number of rotatable bonds is 8. The van der Waals surface area contributed by atoms with Crippen LogP contribution in [0.5, 0.6) is 0 Å². The molecule has 0 unspecified atom stereocenters. The SMILES string of the molecule is CC(C)CCN1C[C@@H]2C[C@H](C1)c1ccc(CN(C)CCn3ccnc3)c(=O)n1C2. The van der Waals surface area contributed by atoms with Gasteiger partial charge in [-0.2, -0.15) is 0 Å². The highest BCUT2D eigenvalue weighted by Crippen LogP contribution is 2.35. The fourth-order valence-corrected chi connectivity index (χ4v) is 4.91. The van der Waals surface area contributed by atoms with Crippen molar-refractivity contribution in [1.82, 2.24) is 23.9 Å². The van der Waals surface area contributed by atoms with Gasteiger partial charge in [0.2, 0.25) is 0 Å². The molecule has 158 valence electrons. The van der Waals surface area contributed by atoms with Gasteiger partial charge in [-0.15, -0.1) is 0 Å². The zero-order valence-corrected chi connectivity index (χ0v) is 18.1. The Morgan fingerprint density at radius 2 is 2.07 bits per heavy atom. The van der Waals surface area contributed by atoms with Crippen LogP contribution in [0.1, 0.15) is 43.9 Å². The van der Waals surface area contributed by atoms with Gasteiger partial charge < -0.3 is 18.9 Å². The molecule has 0 amide bonds. The van der Waals surface area contributed by atoms with E-state index in [4.69, 9.17) is 0 Å². The summed E-state index contributed by atoms with van der Waals surface area (Å²) in [4.78, 5) is 22.2. The first-order chi connectivity index (χ1) is 14.0. The molecule has 1 fully saturated rings. The van der Waals surface area contributed by atoms with Gasteiger partial charge in [-0.3, -0.25) is 4.79 Å². The number of hydrogen-bond acceptors (Lipinski definition) is 4. The molecule has 4 rings (SSSR count). The summed E-state index contributed by atoms with van der Waals surface area (Å²) in [6.07, 6.45) is 8.12. The van der Waals surface area contributed by atoms with E-state index < -0.39 is 0 Å². The molecule has 0 aromatic carbocycles. The van der Waals surface area contributed by atoms with Crippen LogP contribution in [0.25, 0.3) is 0 Å². The van der Waals surface area contributed by atoms with Crippen molar-refractivity contribution in [2.24, 2.45) is 11.8 Å². The lowest BCUT2D eigenvalue weighted by atomic mass is 9.82. The molecule has 2 aliphatic rings. The van der Waals surface area contributed by atoms with Gasteiger partial charge in [0, 0.05) is 68.8 Å². The van der Waals surface area contributed by atoms with Gasteiger partial charge in [0.15, 0.2) is 0 Å². The van der Waals surface area contributed by atoms with Gasteiger partial charge >= 0.3 is 0 Å². The Labute approximate surface area is 174 Å². The number of likely N-dealkylation sites (tertiary alicyclic amines) is 1. The maximum absolute atomic E-state index is 13.2. The van der Waals surface area contributed by atoms with Crippen LogP contribution in [-0.2, 0) is 19.6 Å². The first-order valence-corrected chi connectivity index (χ1v) is 11.1. The minimum Gasteiger partial charge on any atom is -0.336 e. The summed E-state index contributed by atoms with van der Waals surface area (Å²) in [7, 11) is 2.09. The second kappa shape index (κ2) is 8.84. The van der Waals surface area contributed by atoms with E-state index in [1.165, 1.54) is 25.1 Å². The highest BCUT2D eigenvalue weighted by molar-refractivity contribution is 5.22. The summed E-state index contributed by atoms with van der Waals surface area (Å²) in [6.45, 7) is 11.4. The largest absolute Gasteiger partial charge is 0.336 e. The lowest BCUT2D eigenvalue weighted by Crippen LogP contribution is -2.48. The lowest BCUT2D eigenvalue weighted by molar-refractivity contribution is 0.115. The van der Waals surface area contributed by atoms with Crippen LogP contribution < -0.4 is 5.56 Å². The van der Waals surface area contributed by atoms with Gasteiger partial charge in [-0.25, -0.2) is 4.98 Å². The highest BCUT2D eigenvalue weighted by atomic mass is 16.1. The van der Waals surface area contributed by atoms with E-state index >= 15 is 0 Å². The van der Waals surface area contributed by atoms with Crippen molar-refractivity contribution in [2.45, 2.75) is 52.2 Å². The maximum Gasteiger partial charge on any atom is 0.255 e. The standard InChI is InChI=1S/C23H35N5O/c1-18(2)6-8-27-13-19-12-21(16-27)22-5-4-20(23(29)28(22)14-19)15-25(3)10-11-26-9-7-24-17-26/h4-5,7,9,17-19,21H,6,8,10-16H2,1-3H3/t19-,21+/m0/s1. The first-order valence-electron chi connectivity index (χ1n) is 11.1. The number of piperidine rings is 1. The zero-order valence-electron chi connectivity index (χ0n) is 18.1. The summed E-state index contributed by atoms with van der Waals surface area (Å²) >= 11 is 0. The highest BCUT2D eigenvalue weighted by Gasteiger charge is 2.34. The van der Waals surface area contributed by atoms with E-state index in [0.717, 1.165) is 44.2 Å². The van der Waals surface area contributed by atoms with Gasteiger partial charge in [0.25, 0.3) is 5.56 Å². The predicted molar refractivity (Wildman–Crippen MR) is 116 cm³/mol. The topological polar surface area (TPSA) is 46.3 Å². The fraction of sp³-hybridized carbons (Fsp3) is 0.652. The average Bonchev–Trinajstić information content (AvgIpc) is 3.21. The molecule has 0 aliphatic carbocycles. The molecule has 2 aromatic rings. The molecule has 1 saturated heterocycles. The number of fused-ring (bicyclic) bond motifs is 4. The monoisotopic (exact) mass is 397 g/mol. The molecule has 2 bridgehead atoms. The van der Waals surface area contributed by atoms with Crippen LogP contribution in [-0.4, -0.2) is 57.1 Å². The van der Waals surface area contributed by atoms with Crippen molar-refractivity contribution in [3.8, 4) is 0 Å². The zero-order chi connectivity index (χ0) is 20.4. The second-order valence-corrected chi connectivity index (χ2v) is 9.48. The van der Waals surface area contributed by atoms with E-state index in [1.54, 1.807) is 6.20 Å². The van der Waals surface area contributed by atoms with E-state index in [2.05, 4.69) is 56.9 Å². The molecular formula is C23H35N5O. The number of nitrogens with zero attached hydrogens (tertiary/aromatic N) is 5. The molecule has 0 N–H and O–H groups in total. The van der Waals surface area contributed by atoms with E-state index in [0.29, 0.717) is 18.4 Å². The summed E-state index contributed by atoms with van der Waals surface area (Å²) in [5.74, 6) is 1.87. The van der Waals surface area contributed by atoms with Crippen LogP contribution in [0.2, 0.25) is 0 Å². The molecule has 2 aliphatic heterocycles. The molecule has 0 saturated carbocycles. The third-order valence-corrected chi connectivity index (χ3v) is 6.52. The van der Waals surface area contributed by atoms with Crippen molar-refractivity contribution in [1.29, 1.82) is 0 Å². The lowest BCUT2D eigenvalue weighted by Gasteiger charge is -2.43. The normalized spacial score (nSPS) is 21.7. The van der Waals surface area contributed by atoms with Gasteiger partial charge in [-0.05, 0) is 44.3 Å². The second-order valence-electron chi connectivity index (χ2n) is 9.48. The van der Waals surface area contributed by atoms with Crippen molar-refractivity contribution in [3.63, 3.8) is 0 Å². The molecule has 2 aromatic heterocycles. The smallest absolute Gasteiger partial charge is 0.255 e. The minimum atomic E-state index is 0.224. The molecular weight excluding hydrogens is 362 g/mol. The summed E-state index contributed by atoms with van der Waals surface area (Å²) < 4.78 is 4.17. The molecule has 6 nitrogen and oxygen atoms in total. The minimum absolute atomic E-state index is 0.224. The summed E-state index contributed by atoms with van der Waals surface area (Å²) in [6, 6.07) is 4.31. The van der Waals surface area contributed by atoms with Gasteiger partial charge in [-0.1, -0.05) is 19.9 Å². The van der Waals surface area contributed by atoms with Crippen LogP contribution in [0, 0.1) is 11.8 Å². The van der Waals surface area contributed by atoms with Crippen molar-refractivity contribution >= 4 is 0 Å². The van der Waals surface area contributed by atoms with Crippen molar-refractivity contribution in [3.05, 3.63) is 52.5 Å². The average molecular weight is 398 g/mol. The molecule has 0 radical (unpaired) electrons. The fourth-order valence-electron chi connectivity index (χ4n) is 4.91. The number of hydrogen-bond donors (Lipinski definition) is 0. The van der Waals surface area contributed by atoms with E-state index in [9.17, 15) is 4.79 Å². The Morgan fingerprint density at radius 3 is 2.83 bits per heavy atom. The van der Waals surface area contributed by atoms with E-state index in [-0.39, 0.29) is 5.56 Å². The van der Waals surface area contributed by atoms with Crippen molar-refractivity contribution < 1.29 is 0 Å². The Bertz CT molecular complexity index is 857. The molecule has 0 spiro atoms. The molecule has 2 atom stereocenters. The van der Waals surface area contributed by atoms with Crippen LogP contribution in [0.4, 0.5) is 0 Å². The quantitative estimate of drug-likeness (QED) is 0.687. The van der Waals surface area contributed by atoms with Crippen LogP contribution >= 0.6 is 0 Å². The molecule has 4 heterocycles. The third kappa shape index (κ3) is 4.81. The number of pyridine rings is 1. The summed E-state index contributed by atoms with van der Waals surface area (Å²) in [5, 5.41) is 0. The predicted octanol–water partition coefficient (Wildman–Crippen LogP) is 2.64. The van der Waals surface area contributed by atoms with E-state index in [1.807, 2.05) is 12.5 Å². The third-order valence-electron chi connectivity index (χ3n) is 6.52. The van der Waals surface area contributed by atoms with Crippen LogP contribution in [0.3, 0.4) is 0 Å².